The van der Waals surface area contributed by atoms with Crippen molar-refractivity contribution in [1.29, 1.82) is 0 Å². The van der Waals surface area contributed by atoms with E-state index in [4.69, 9.17) is 9.47 Å². The summed E-state index contributed by atoms with van der Waals surface area (Å²) in [7, 11) is 0. The number of amides is 2. The Labute approximate surface area is 225 Å². The molecule has 0 aliphatic carbocycles. The second kappa shape index (κ2) is 13.6. The topological polar surface area (TPSA) is 88.1 Å². The van der Waals surface area contributed by atoms with Gasteiger partial charge in [-0.05, 0) is 80.6 Å². The Morgan fingerprint density at radius 1 is 0.947 bits per heavy atom. The average molecular weight is 519 g/mol. The summed E-state index contributed by atoms with van der Waals surface area (Å²) in [6.45, 7) is 9.17. The number of carboxylic acids is 1. The minimum Gasteiger partial charge on any atom is -0.494 e. The van der Waals surface area contributed by atoms with Crippen molar-refractivity contribution >= 4 is 17.7 Å². The number of nitrogens with one attached hydrogen (secondary N) is 1. The number of aliphatic carboxylic acids is 1. The number of carboxylic acid groups (broad SMARTS) is 1. The average Bonchev–Trinajstić information content (AvgIpc) is 2.87. The molecule has 202 valence electrons. The molecule has 3 rings (SSSR count). The van der Waals surface area contributed by atoms with Crippen molar-refractivity contribution in [3.05, 3.63) is 95.1 Å². The van der Waals surface area contributed by atoms with E-state index in [1.807, 2.05) is 80.6 Å². The second-order valence-electron chi connectivity index (χ2n) is 9.71. The minimum atomic E-state index is -1.27. The highest BCUT2D eigenvalue weighted by Gasteiger charge is 2.34. The molecule has 0 radical (unpaired) electrons. The normalized spacial score (nSPS) is 12.4. The number of nitrogens with zero attached hydrogens (tertiary/aromatic N) is 1. The van der Waals surface area contributed by atoms with E-state index in [0.29, 0.717) is 38.5 Å². The SMILES string of the molecule is CCOC(C)(Cc1ccc(OCCCN(Cc2ccccc2)C(=O)Nc2cc(C)cc(C)c2)cc1)C(=O)O. The maximum absolute atomic E-state index is 13.2. The van der Waals surface area contributed by atoms with Gasteiger partial charge in [0.2, 0.25) is 0 Å². The fourth-order valence-electron chi connectivity index (χ4n) is 4.35. The monoisotopic (exact) mass is 518 g/mol. The standard InChI is InChI=1S/C31H38N2O5/c1-5-38-31(4,29(34)35)21-25-12-14-28(15-13-25)37-17-9-16-33(22-26-10-7-6-8-11-26)30(36)32-27-19-23(2)18-24(3)20-27/h6-8,10-15,18-20H,5,9,16-17,21-22H2,1-4H3,(H,32,36)(H,34,35). The van der Waals surface area contributed by atoms with Crippen LogP contribution in [0.2, 0.25) is 0 Å². The summed E-state index contributed by atoms with van der Waals surface area (Å²) >= 11 is 0. The Morgan fingerprint density at radius 3 is 2.21 bits per heavy atom. The van der Waals surface area contributed by atoms with E-state index in [2.05, 4.69) is 11.4 Å². The number of aryl methyl sites for hydroxylation is 2. The third-order valence-electron chi connectivity index (χ3n) is 6.20. The molecule has 2 amide bonds. The van der Waals surface area contributed by atoms with Crippen molar-refractivity contribution in [2.45, 2.75) is 52.7 Å². The minimum absolute atomic E-state index is 0.154. The van der Waals surface area contributed by atoms with Gasteiger partial charge in [-0.2, -0.15) is 0 Å². The lowest BCUT2D eigenvalue weighted by molar-refractivity contribution is -0.162. The number of anilines is 1. The Hall–Kier alpha value is -3.84. The van der Waals surface area contributed by atoms with Crippen molar-refractivity contribution in [3.8, 4) is 5.75 Å². The zero-order valence-corrected chi connectivity index (χ0v) is 22.7. The molecular weight excluding hydrogens is 480 g/mol. The summed E-state index contributed by atoms with van der Waals surface area (Å²) in [5.41, 5.74) is 3.62. The van der Waals surface area contributed by atoms with Crippen LogP contribution in [0.4, 0.5) is 10.5 Å². The van der Waals surface area contributed by atoms with E-state index in [9.17, 15) is 14.7 Å². The summed E-state index contributed by atoms with van der Waals surface area (Å²) in [5, 5.41) is 12.6. The number of rotatable bonds is 13. The molecule has 0 aliphatic rings. The zero-order chi connectivity index (χ0) is 27.5. The van der Waals surface area contributed by atoms with Crippen LogP contribution in [-0.2, 0) is 22.5 Å². The van der Waals surface area contributed by atoms with Gasteiger partial charge in [0.05, 0.1) is 6.61 Å². The molecule has 0 spiro atoms. The molecule has 3 aromatic carbocycles. The van der Waals surface area contributed by atoms with Gasteiger partial charge in [-0.15, -0.1) is 0 Å². The molecule has 0 aliphatic heterocycles. The van der Waals surface area contributed by atoms with Gasteiger partial charge >= 0.3 is 12.0 Å². The Kier molecular flexibility index (Phi) is 10.3. The summed E-state index contributed by atoms with van der Waals surface area (Å²) in [6, 6.07) is 23.1. The first-order chi connectivity index (χ1) is 18.2. The number of hydrogen-bond donors (Lipinski definition) is 2. The molecule has 7 heteroatoms. The van der Waals surface area contributed by atoms with Gasteiger partial charge in [0.15, 0.2) is 5.60 Å². The van der Waals surface area contributed by atoms with Gasteiger partial charge in [-0.3, -0.25) is 0 Å². The molecule has 0 saturated carbocycles. The van der Waals surface area contributed by atoms with Crippen LogP contribution in [0.3, 0.4) is 0 Å². The highest BCUT2D eigenvalue weighted by atomic mass is 16.5. The molecule has 0 saturated heterocycles. The summed E-state index contributed by atoms with van der Waals surface area (Å²) < 4.78 is 11.4. The first-order valence-corrected chi connectivity index (χ1v) is 13.0. The molecule has 3 aromatic rings. The van der Waals surface area contributed by atoms with E-state index in [-0.39, 0.29) is 12.5 Å². The first-order valence-electron chi connectivity index (χ1n) is 13.0. The third-order valence-corrected chi connectivity index (χ3v) is 6.20. The molecule has 0 heterocycles. The van der Waals surface area contributed by atoms with Gasteiger partial charge in [0, 0.05) is 31.8 Å². The van der Waals surface area contributed by atoms with Crippen LogP contribution in [0.5, 0.6) is 5.75 Å². The van der Waals surface area contributed by atoms with E-state index >= 15 is 0 Å². The Bertz CT molecular complexity index is 1180. The van der Waals surface area contributed by atoms with Crippen molar-refractivity contribution in [1.82, 2.24) is 4.90 Å². The number of carbonyl (C=O) groups is 2. The molecule has 1 unspecified atom stereocenters. The highest BCUT2D eigenvalue weighted by molar-refractivity contribution is 5.89. The molecule has 0 fully saturated rings. The second-order valence-corrected chi connectivity index (χ2v) is 9.71. The third kappa shape index (κ3) is 8.63. The molecule has 7 nitrogen and oxygen atoms in total. The van der Waals surface area contributed by atoms with Gasteiger partial charge in [0.1, 0.15) is 5.75 Å². The smallest absolute Gasteiger partial charge is 0.336 e. The highest BCUT2D eigenvalue weighted by Crippen LogP contribution is 2.21. The van der Waals surface area contributed by atoms with Crippen molar-refractivity contribution in [2.75, 3.05) is 25.1 Å². The van der Waals surface area contributed by atoms with E-state index in [1.165, 1.54) is 0 Å². The lowest BCUT2D eigenvalue weighted by Gasteiger charge is -2.25. The number of urea groups is 1. The van der Waals surface area contributed by atoms with Gasteiger partial charge in [-0.25, -0.2) is 9.59 Å². The fraction of sp³-hybridized carbons (Fsp3) is 0.355. The van der Waals surface area contributed by atoms with Crippen LogP contribution in [0.15, 0.2) is 72.8 Å². The molecule has 1 atom stereocenters. The lowest BCUT2D eigenvalue weighted by Crippen LogP contribution is -2.40. The number of hydrogen-bond acceptors (Lipinski definition) is 4. The number of carbonyl (C=O) groups excluding carboxylic acids is 1. The maximum atomic E-state index is 13.2. The first kappa shape index (κ1) is 28.7. The van der Waals surface area contributed by atoms with Crippen LogP contribution in [0, 0.1) is 13.8 Å². The van der Waals surface area contributed by atoms with Crippen LogP contribution in [0.25, 0.3) is 0 Å². The Balaban J connectivity index is 1.57. The van der Waals surface area contributed by atoms with Crippen LogP contribution in [-0.4, -0.2) is 47.4 Å². The number of benzene rings is 3. The van der Waals surface area contributed by atoms with E-state index in [0.717, 1.165) is 27.9 Å². The van der Waals surface area contributed by atoms with Crippen molar-refractivity contribution < 1.29 is 24.2 Å². The van der Waals surface area contributed by atoms with Crippen molar-refractivity contribution in [2.24, 2.45) is 0 Å². The predicted molar refractivity (Wildman–Crippen MR) is 150 cm³/mol. The van der Waals surface area contributed by atoms with Crippen LogP contribution in [0.1, 0.15) is 42.5 Å². The predicted octanol–water partition coefficient (Wildman–Crippen LogP) is 6.23. The van der Waals surface area contributed by atoms with Gasteiger partial charge < -0.3 is 24.8 Å². The molecule has 0 aromatic heterocycles. The molecule has 0 bridgehead atoms. The molecule has 38 heavy (non-hydrogen) atoms. The molecular formula is C31H38N2O5. The lowest BCUT2D eigenvalue weighted by atomic mass is 9.96. The zero-order valence-electron chi connectivity index (χ0n) is 22.7. The van der Waals surface area contributed by atoms with E-state index < -0.39 is 11.6 Å². The Morgan fingerprint density at radius 2 is 1.61 bits per heavy atom. The number of ether oxygens (including phenoxy) is 2. The van der Waals surface area contributed by atoms with Crippen molar-refractivity contribution in [3.63, 3.8) is 0 Å². The van der Waals surface area contributed by atoms with Crippen LogP contribution < -0.4 is 10.1 Å². The van der Waals surface area contributed by atoms with E-state index in [1.54, 1.807) is 18.7 Å². The van der Waals surface area contributed by atoms with Gasteiger partial charge in [0.25, 0.3) is 0 Å². The largest absolute Gasteiger partial charge is 0.494 e. The van der Waals surface area contributed by atoms with Crippen LogP contribution >= 0.6 is 0 Å². The molecule has 2 N–H and O–H groups in total. The quantitative estimate of drug-likeness (QED) is 0.262. The maximum Gasteiger partial charge on any atom is 0.336 e. The summed E-state index contributed by atoms with van der Waals surface area (Å²) in [6.07, 6.45) is 0.913. The summed E-state index contributed by atoms with van der Waals surface area (Å²) in [4.78, 5) is 26.6. The van der Waals surface area contributed by atoms with Gasteiger partial charge in [-0.1, -0.05) is 48.5 Å². The summed E-state index contributed by atoms with van der Waals surface area (Å²) in [5.74, 6) is -0.294. The fourth-order valence-corrected chi connectivity index (χ4v) is 4.35.